The highest BCUT2D eigenvalue weighted by Gasteiger charge is 2.12. The number of ether oxygens (including phenoxy) is 1. The highest BCUT2D eigenvalue weighted by Crippen LogP contribution is 2.31. The molecule has 2 N–H and O–H groups in total. The van der Waals surface area contributed by atoms with Gasteiger partial charge in [-0.05, 0) is 24.1 Å². The van der Waals surface area contributed by atoms with Crippen molar-refractivity contribution >= 4 is 21.4 Å². The van der Waals surface area contributed by atoms with Crippen molar-refractivity contribution in [2.24, 2.45) is 0 Å². The Morgan fingerprint density at radius 2 is 1.83 bits per heavy atom. The van der Waals surface area contributed by atoms with Gasteiger partial charge in [0, 0.05) is 11.8 Å². The van der Waals surface area contributed by atoms with Crippen LogP contribution in [0, 0.1) is 0 Å². The molecule has 2 aromatic carbocycles. The number of methoxy groups -OCH3 is 1. The number of benzene rings is 2. The Morgan fingerprint density at radius 3 is 2.39 bits per heavy atom. The second-order valence-corrected chi connectivity index (χ2v) is 7.05. The normalized spacial score (nSPS) is 12.5. The first-order valence-electron chi connectivity index (χ1n) is 7.40. The average Bonchev–Trinajstić information content (AvgIpc) is 2.53. The number of hydrogen-bond donors (Lipinski definition) is 2. The minimum atomic E-state index is -3.34. The number of anilines is 2. The molecule has 0 aliphatic heterocycles. The van der Waals surface area contributed by atoms with Crippen molar-refractivity contribution in [3.8, 4) is 5.75 Å². The maximum atomic E-state index is 11.4. The van der Waals surface area contributed by atoms with E-state index in [2.05, 4.69) is 29.1 Å². The first-order valence-corrected chi connectivity index (χ1v) is 9.29. The van der Waals surface area contributed by atoms with Gasteiger partial charge in [-0.3, -0.25) is 4.72 Å². The molecule has 0 fully saturated rings. The molecule has 6 heteroatoms. The van der Waals surface area contributed by atoms with Gasteiger partial charge in [0.2, 0.25) is 10.0 Å². The van der Waals surface area contributed by atoms with Gasteiger partial charge in [-0.25, -0.2) is 8.42 Å². The van der Waals surface area contributed by atoms with Crippen molar-refractivity contribution in [3.63, 3.8) is 0 Å². The van der Waals surface area contributed by atoms with Gasteiger partial charge in [0.15, 0.2) is 0 Å². The fourth-order valence-electron chi connectivity index (χ4n) is 2.37. The molecule has 124 valence electrons. The molecule has 1 atom stereocenters. The van der Waals surface area contributed by atoms with Gasteiger partial charge in [0.25, 0.3) is 0 Å². The van der Waals surface area contributed by atoms with Crippen LogP contribution in [-0.2, 0) is 10.0 Å². The van der Waals surface area contributed by atoms with Gasteiger partial charge >= 0.3 is 0 Å². The fraction of sp³-hybridized carbons (Fsp3) is 0.294. The quantitative estimate of drug-likeness (QED) is 0.811. The Kier molecular flexibility index (Phi) is 5.50. The van der Waals surface area contributed by atoms with Crippen molar-refractivity contribution in [2.45, 2.75) is 19.4 Å². The minimum absolute atomic E-state index is 0.176. The zero-order chi connectivity index (χ0) is 16.9. The molecule has 2 rings (SSSR count). The van der Waals surface area contributed by atoms with Crippen molar-refractivity contribution in [1.29, 1.82) is 0 Å². The van der Waals surface area contributed by atoms with Gasteiger partial charge in [0.1, 0.15) is 5.75 Å². The second kappa shape index (κ2) is 7.37. The molecule has 2 aromatic rings. The number of sulfonamides is 1. The number of nitrogens with one attached hydrogen (secondary N) is 2. The Balaban J connectivity index is 2.23. The molecule has 0 unspecified atom stereocenters. The number of hydrogen-bond acceptors (Lipinski definition) is 4. The lowest BCUT2D eigenvalue weighted by Crippen LogP contribution is -2.12. The predicted molar refractivity (Wildman–Crippen MR) is 94.6 cm³/mol. The smallest absolute Gasteiger partial charge is 0.229 e. The van der Waals surface area contributed by atoms with Crippen LogP contribution < -0.4 is 14.8 Å². The number of rotatable bonds is 7. The molecule has 0 aromatic heterocycles. The van der Waals surface area contributed by atoms with E-state index in [0.717, 1.165) is 18.4 Å². The highest BCUT2D eigenvalue weighted by atomic mass is 32.2. The van der Waals surface area contributed by atoms with Crippen LogP contribution in [0.5, 0.6) is 5.75 Å². The minimum Gasteiger partial charge on any atom is -0.494 e. The Morgan fingerprint density at radius 1 is 1.13 bits per heavy atom. The third kappa shape index (κ3) is 4.89. The summed E-state index contributed by atoms with van der Waals surface area (Å²) in [7, 11) is -1.83. The van der Waals surface area contributed by atoms with E-state index in [-0.39, 0.29) is 6.04 Å². The average molecular weight is 334 g/mol. The molecule has 0 amide bonds. The summed E-state index contributed by atoms with van der Waals surface area (Å²) in [6, 6.07) is 15.7. The summed E-state index contributed by atoms with van der Waals surface area (Å²) < 4.78 is 30.5. The van der Waals surface area contributed by atoms with Crippen LogP contribution >= 0.6 is 0 Å². The summed E-state index contributed by atoms with van der Waals surface area (Å²) in [5, 5.41) is 3.45. The Labute approximate surface area is 137 Å². The van der Waals surface area contributed by atoms with Crippen LogP contribution in [0.1, 0.15) is 24.9 Å². The molecule has 0 spiro atoms. The largest absolute Gasteiger partial charge is 0.494 e. The zero-order valence-electron chi connectivity index (χ0n) is 13.5. The predicted octanol–water partition coefficient (Wildman–Crippen LogP) is 3.63. The molecular formula is C17H22N2O3S. The van der Waals surface area contributed by atoms with E-state index in [1.54, 1.807) is 12.1 Å². The second-order valence-electron chi connectivity index (χ2n) is 5.31. The maximum absolute atomic E-state index is 11.4. The molecule has 0 bridgehead atoms. The molecule has 0 radical (unpaired) electrons. The topological polar surface area (TPSA) is 67.4 Å². The van der Waals surface area contributed by atoms with Gasteiger partial charge < -0.3 is 10.1 Å². The molecule has 0 heterocycles. The van der Waals surface area contributed by atoms with Crippen LogP contribution in [0.3, 0.4) is 0 Å². The van der Waals surface area contributed by atoms with Crippen molar-refractivity contribution in [2.75, 3.05) is 23.4 Å². The standard InChI is InChI=1S/C17H22N2O3S/c1-4-15(13-8-6-5-7-9-13)18-14-10-11-16(17(12-14)22-2)19-23(3,20)21/h5-12,15,18-19H,4H2,1-3H3/t15-/m1/s1. The van der Waals surface area contributed by atoms with E-state index in [1.807, 2.05) is 24.3 Å². The molecular weight excluding hydrogens is 312 g/mol. The van der Waals surface area contributed by atoms with E-state index in [9.17, 15) is 8.42 Å². The highest BCUT2D eigenvalue weighted by molar-refractivity contribution is 7.92. The van der Waals surface area contributed by atoms with Crippen LogP contribution in [0.15, 0.2) is 48.5 Å². The SMILES string of the molecule is CC[C@@H](Nc1ccc(NS(C)(=O)=O)c(OC)c1)c1ccccc1. The van der Waals surface area contributed by atoms with Crippen LogP contribution in [0.4, 0.5) is 11.4 Å². The fourth-order valence-corrected chi connectivity index (χ4v) is 2.94. The van der Waals surface area contributed by atoms with Crippen molar-refractivity contribution in [3.05, 3.63) is 54.1 Å². The van der Waals surface area contributed by atoms with Crippen molar-refractivity contribution in [1.82, 2.24) is 0 Å². The van der Waals surface area contributed by atoms with E-state index >= 15 is 0 Å². The summed E-state index contributed by atoms with van der Waals surface area (Å²) in [6.07, 6.45) is 2.04. The third-order valence-corrected chi connectivity index (χ3v) is 4.04. The lowest BCUT2D eigenvalue weighted by Gasteiger charge is -2.20. The lowest BCUT2D eigenvalue weighted by atomic mass is 10.0. The summed E-state index contributed by atoms with van der Waals surface area (Å²) >= 11 is 0. The maximum Gasteiger partial charge on any atom is 0.229 e. The van der Waals surface area contributed by atoms with E-state index in [0.29, 0.717) is 11.4 Å². The molecule has 0 saturated heterocycles. The summed E-state index contributed by atoms with van der Waals surface area (Å²) in [6.45, 7) is 2.11. The monoisotopic (exact) mass is 334 g/mol. The van der Waals surface area contributed by atoms with Crippen LogP contribution in [0.2, 0.25) is 0 Å². The first kappa shape index (κ1) is 17.1. The summed E-state index contributed by atoms with van der Waals surface area (Å²) in [4.78, 5) is 0. The lowest BCUT2D eigenvalue weighted by molar-refractivity contribution is 0.417. The van der Waals surface area contributed by atoms with Crippen LogP contribution in [-0.4, -0.2) is 21.8 Å². The van der Waals surface area contributed by atoms with Crippen LogP contribution in [0.25, 0.3) is 0 Å². The molecule has 0 aliphatic carbocycles. The molecule has 0 saturated carbocycles. The van der Waals surface area contributed by atoms with Gasteiger partial charge in [0.05, 0.1) is 25.1 Å². The third-order valence-electron chi connectivity index (χ3n) is 3.45. The van der Waals surface area contributed by atoms with Gasteiger partial charge in [-0.2, -0.15) is 0 Å². The van der Waals surface area contributed by atoms with Crippen molar-refractivity contribution < 1.29 is 13.2 Å². The zero-order valence-corrected chi connectivity index (χ0v) is 14.4. The Hall–Kier alpha value is -2.21. The van der Waals surface area contributed by atoms with E-state index in [1.165, 1.54) is 12.7 Å². The summed E-state index contributed by atoms with van der Waals surface area (Å²) in [5.41, 5.74) is 2.50. The van der Waals surface area contributed by atoms with E-state index in [4.69, 9.17) is 4.74 Å². The van der Waals surface area contributed by atoms with Gasteiger partial charge in [-0.1, -0.05) is 37.3 Å². The summed E-state index contributed by atoms with van der Waals surface area (Å²) in [5.74, 6) is 0.475. The van der Waals surface area contributed by atoms with E-state index < -0.39 is 10.0 Å². The molecule has 5 nitrogen and oxygen atoms in total. The Bertz CT molecular complexity index is 746. The van der Waals surface area contributed by atoms with Gasteiger partial charge in [-0.15, -0.1) is 0 Å². The molecule has 0 aliphatic rings. The first-order chi connectivity index (χ1) is 10.9. The molecule has 23 heavy (non-hydrogen) atoms.